The highest BCUT2D eigenvalue weighted by molar-refractivity contribution is 7.86. The number of carbonyl (C=O) groups is 1. The smallest absolute Gasteiger partial charge is 0.410 e. The van der Waals surface area contributed by atoms with Crippen molar-refractivity contribution in [2.75, 3.05) is 12.8 Å². The molecule has 0 unspecified atom stereocenters. The lowest BCUT2D eigenvalue weighted by Gasteiger charge is -2.33. The summed E-state index contributed by atoms with van der Waals surface area (Å²) in [5.41, 5.74) is 0.629. The van der Waals surface area contributed by atoms with Crippen LogP contribution in [0.1, 0.15) is 44.9 Å². The first kappa shape index (κ1) is 27.9. The second-order valence-corrected chi connectivity index (χ2v) is 11.4. The summed E-state index contributed by atoms with van der Waals surface area (Å²) in [6, 6.07) is 10.2. The number of fused-ring (bicyclic) bond motifs is 1. The Labute approximate surface area is 215 Å². The summed E-state index contributed by atoms with van der Waals surface area (Å²) in [6.45, 7) is 6.82. The van der Waals surface area contributed by atoms with Gasteiger partial charge < -0.3 is 23.9 Å². The van der Waals surface area contributed by atoms with Crippen LogP contribution < -0.4 is 4.18 Å². The van der Waals surface area contributed by atoms with Crippen LogP contribution in [0.5, 0.6) is 5.75 Å². The molecule has 0 spiro atoms. The number of aromatic amines is 1. The minimum atomic E-state index is -3.73. The molecule has 12 heteroatoms. The van der Waals surface area contributed by atoms with Crippen LogP contribution in [-0.4, -0.2) is 58.9 Å². The molecule has 0 saturated carbocycles. The number of nitrogens with one attached hydrogen (secondary N) is 1. The van der Waals surface area contributed by atoms with Crippen molar-refractivity contribution in [2.24, 2.45) is 0 Å². The molecule has 0 bridgehead atoms. The average Bonchev–Trinajstić information content (AvgIpc) is 3.18. The van der Waals surface area contributed by atoms with E-state index in [9.17, 15) is 28.4 Å². The molecule has 2 atom stereocenters. The molecule has 11 nitrogen and oxygen atoms in total. The summed E-state index contributed by atoms with van der Waals surface area (Å²) in [7, 11) is -3.73. The molecule has 2 N–H and O–H groups in total. The normalized spacial score (nSPS) is 13.7. The fourth-order valence-corrected chi connectivity index (χ4v) is 4.37. The minimum Gasteiger partial charge on any atom is -0.444 e. The van der Waals surface area contributed by atoms with Gasteiger partial charge in [-0.3, -0.25) is 10.1 Å². The molecule has 0 aliphatic heterocycles. The number of H-pyrrole nitrogens is 1. The molecule has 0 aliphatic rings. The number of aliphatic hydroxyl groups is 1. The maximum absolute atomic E-state index is 13.1. The number of nitrogens with zero attached hydrogens (tertiary/aromatic N) is 2. The topological polar surface area (TPSA) is 152 Å². The SMILES string of the molecule is C[C@H](Cc1c[nH]c2c(OS(C)(=O)=O)cccc12)N(C[C@H](O)c1cccc([N+](=O)[O-])c1)C(=O)OC(C)(C)C. The summed E-state index contributed by atoms with van der Waals surface area (Å²) >= 11 is 0. The lowest BCUT2D eigenvalue weighted by molar-refractivity contribution is -0.385. The van der Waals surface area contributed by atoms with E-state index in [0.717, 1.165) is 17.2 Å². The van der Waals surface area contributed by atoms with Gasteiger partial charge in [-0.25, -0.2) is 4.79 Å². The highest BCUT2D eigenvalue weighted by atomic mass is 32.2. The molecule has 2 aromatic carbocycles. The summed E-state index contributed by atoms with van der Waals surface area (Å²) in [5.74, 6) is 0.156. The van der Waals surface area contributed by atoms with Crippen molar-refractivity contribution in [1.82, 2.24) is 9.88 Å². The summed E-state index contributed by atoms with van der Waals surface area (Å²) in [5, 5.41) is 22.8. The van der Waals surface area contributed by atoms with Crippen molar-refractivity contribution in [3.05, 3.63) is 69.9 Å². The molecule has 0 fully saturated rings. The molecular weight excluding hydrogens is 502 g/mol. The first-order valence-electron chi connectivity index (χ1n) is 11.5. The van der Waals surface area contributed by atoms with E-state index >= 15 is 0 Å². The van der Waals surface area contributed by atoms with Gasteiger partial charge >= 0.3 is 16.2 Å². The third-order valence-electron chi connectivity index (χ3n) is 5.51. The van der Waals surface area contributed by atoms with Crippen LogP contribution in [0.4, 0.5) is 10.5 Å². The van der Waals surface area contributed by atoms with Crippen LogP contribution in [0.2, 0.25) is 0 Å². The Kier molecular flexibility index (Phi) is 8.13. The summed E-state index contributed by atoms with van der Waals surface area (Å²) < 4.78 is 33.9. The zero-order valence-corrected chi connectivity index (χ0v) is 22.1. The number of aliphatic hydroxyl groups excluding tert-OH is 1. The first-order valence-corrected chi connectivity index (χ1v) is 13.4. The van der Waals surface area contributed by atoms with Gasteiger partial charge in [-0.15, -0.1) is 0 Å². The zero-order chi connectivity index (χ0) is 27.5. The second-order valence-electron chi connectivity index (χ2n) is 9.83. The number of aromatic nitrogens is 1. The van der Waals surface area contributed by atoms with Gasteiger partial charge in [-0.1, -0.05) is 24.3 Å². The highest BCUT2D eigenvalue weighted by Gasteiger charge is 2.29. The van der Waals surface area contributed by atoms with Gasteiger partial charge in [0.2, 0.25) is 0 Å². The van der Waals surface area contributed by atoms with E-state index < -0.39 is 38.9 Å². The Morgan fingerprint density at radius 2 is 1.89 bits per heavy atom. The van der Waals surface area contributed by atoms with Crippen molar-refractivity contribution in [3.8, 4) is 5.75 Å². The molecule has 200 valence electrons. The maximum Gasteiger partial charge on any atom is 0.410 e. The van der Waals surface area contributed by atoms with Gasteiger partial charge in [0.25, 0.3) is 5.69 Å². The molecule has 1 heterocycles. The number of nitro groups is 1. The van der Waals surface area contributed by atoms with E-state index in [1.807, 2.05) is 0 Å². The lowest BCUT2D eigenvalue weighted by Crippen LogP contribution is -2.45. The monoisotopic (exact) mass is 533 g/mol. The van der Waals surface area contributed by atoms with Crippen LogP contribution in [0.25, 0.3) is 10.9 Å². The van der Waals surface area contributed by atoms with Crippen LogP contribution >= 0.6 is 0 Å². The van der Waals surface area contributed by atoms with Crippen molar-refractivity contribution < 1.29 is 32.2 Å². The van der Waals surface area contributed by atoms with Crippen molar-refractivity contribution in [2.45, 2.75) is 51.9 Å². The fourth-order valence-electron chi connectivity index (χ4n) is 3.91. The van der Waals surface area contributed by atoms with Crippen LogP contribution in [0, 0.1) is 10.1 Å². The molecule has 1 aromatic heterocycles. The number of nitro benzene ring substituents is 1. The van der Waals surface area contributed by atoms with Gasteiger partial charge in [0.15, 0.2) is 5.75 Å². The Bertz CT molecular complexity index is 1390. The number of ether oxygens (including phenoxy) is 1. The molecule has 1 amide bonds. The Morgan fingerprint density at radius 1 is 1.22 bits per heavy atom. The van der Waals surface area contributed by atoms with Crippen LogP contribution in [0.3, 0.4) is 0 Å². The fraction of sp³-hybridized carbons (Fsp3) is 0.400. The van der Waals surface area contributed by atoms with Gasteiger partial charge in [0.05, 0.1) is 29.3 Å². The quantitative estimate of drug-likeness (QED) is 0.234. The number of para-hydroxylation sites is 1. The molecule has 3 aromatic rings. The van der Waals surface area contributed by atoms with Crippen molar-refractivity contribution in [3.63, 3.8) is 0 Å². The number of rotatable bonds is 9. The Balaban J connectivity index is 1.89. The largest absolute Gasteiger partial charge is 0.444 e. The minimum absolute atomic E-state index is 0.156. The molecule has 0 saturated heterocycles. The molecule has 3 rings (SSSR count). The van der Waals surface area contributed by atoms with Gasteiger partial charge in [-0.05, 0) is 51.3 Å². The highest BCUT2D eigenvalue weighted by Crippen LogP contribution is 2.30. The van der Waals surface area contributed by atoms with Crippen LogP contribution in [-0.2, 0) is 21.3 Å². The van der Waals surface area contributed by atoms with Crippen molar-refractivity contribution >= 4 is 32.8 Å². The lowest BCUT2D eigenvalue weighted by atomic mass is 10.0. The molecule has 0 radical (unpaired) electrons. The summed E-state index contributed by atoms with van der Waals surface area (Å²) in [6.07, 6.45) is 1.16. The van der Waals surface area contributed by atoms with Crippen molar-refractivity contribution in [1.29, 1.82) is 0 Å². The van der Waals surface area contributed by atoms with E-state index in [-0.39, 0.29) is 18.0 Å². The average molecular weight is 534 g/mol. The van der Waals surface area contributed by atoms with E-state index in [2.05, 4.69) is 4.98 Å². The second kappa shape index (κ2) is 10.8. The Hall–Kier alpha value is -3.64. The third kappa shape index (κ3) is 7.43. The maximum atomic E-state index is 13.1. The van der Waals surface area contributed by atoms with Crippen LogP contribution in [0.15, 0.2) is 48.7 Å². The number of non-ortho nitro benzene ring substituents is 1. The first-order chi connectivity index (χ1) is 17.1. The molecular formula is C25H31N3O8S. The standard InChI is InChI=1S/C25H31N3O8S/c1-16(12-18-14-26-23-20(18)10-7-11-22(23)36-37(5,33)34)27(24(30)35-25(2,3)4)15-21(29)17-8-6-9-19(13-17)28(31)32/h6-11,13-14,16,21,26,29H,12,15H2,1-5H3/t16-,21+/m1/s1. The number of hydrogen-bond donors (Lipinski definition) is 2. The number of carbonyl (C=O) groups excluding carboxylic acids is 1. The third-order valence-corrected chi connectivity index (χ3v) is 6.00. The zero-order valence-electron chi connectivity index (χ0n) is 21.3. The number of benzene rings is 2. The number of hydrogen-bond acceptors (Lipinski definition) is 8. The summed E-state index contributed by atoms with van der Waals surface area (Å²) in [4.78, 5) is 28.1. The van der Waals surface area contributed by atoms with Gasteiger partial charge in [0, 0.05) is 29.8 Å². The molecule has 37 heavy (non-hydrogen) atoms. The van der Waals surface area contributed by atoms with E-state index in [1.54, 1.807) is 52.1 Å². The Morgan fingerprint density at radius 3 is 2.51 bits per heavy atom. The van der Waals surface area contributed by atoms with E-state index in [0.29, 0.717) is 17.5 Å². The predicted octanol–water partition coefficient (Wildman–Crippen LogP) is 4.32. The predicted molar refractivity (Wildman–Crippen MR) is 138 cm³/mol. The molecule has 0 aliphatic carbocycles. The van der Waals surface area contributed by atoms with E-state index in [4.69, 9.17) is 8.92 Å². The number of amides is 1. The van der Waals surface area contributed by atoms with E-state index in [1.165, 1.54) is 29.2 Å². The van der Waals surface area contributed by atoms with Gasteiger partial charge in [0.1, 0.15) is 5.60 Å². The van der Waals surface area contributed by atoms with Gasteiger partial charge in [-0.2, -0.15) is 8.42 Å².